The Balaban J connectivity index is 1.97. The smallest absolute Gasteiger partial charge is 0.308 e. The maximum absolute atomic E-state index is 10.8. The standard InChI is InChI=1S/C16H16O3/c1-12-5-3-4-6-14(12)11-18-15-7-9-16(10-8-15)19-13(2)17/h3-10H,11H2,1-2H3. The highest BCUT2D eigenvalue weighted by Crippen LogP contribution is 2.19. The van der Waals surface area contributed by atoms with Crippen molar-refractivity contribution in [3.05, 3.63) is 59.7 Å². The molecule has 98 valence electrons. The minimum Gasteiger partial charge on any atom is -0.489 e. The molecule has 0 aliphatic heterocycles. The molecule has 0 amide bonds. The van der Waals surface area contributed by atoms with Gasteiger partial charge in [0.15, 0.2) is 0 Å². The summed E-state index contributed by atoms with van der Waals surface area (Å²) >= 11 is 0. The summed E-state index contributed by atoms with van der Waals surface area (Å²) in [6.45, 7) is 3.96. The topological polar surface area (TPSA) is 35.5 Å². The molecular weight excluding hydrogens is 240 g/mol. The fraction of sp³-hybridized carbons (Fsp3) is 0.188. The Morgan fingerprint density at radius 1 is 1.00 bits per heavy atom. The third-order valence-corrected chi connectivity index (χ3v) is 2.74. The number of hydrogen-bond donors (Lipinski definition) is 0. The maximum atomic E-state index is 10.8. The van der Waals surface area contributed by atoms with Crippen molar-refractivity contribution in [3.63, 3.8) is 0 Å². The van der Waals surface area contributed by atoms with Crippen LogP contribution in [0.5, 0.6) is 11.5 Å². The molecule has 0 spiro atoms. The van der Waals surface area contributed by atoms with E-state index in [0.717, 1.165) is 11.3 Å². The van der Waals surface area contributed by atoms with Crippen LogP contribution in [-0.4, -0.2) is 5.97 Å². The van der Waals surface area contributed by atoms with Gasteiger partial charge in [-0.2, -0.15) is 0 Å². The van der Waals surface area contributed by atoms with Gasteiger partial charge in [-0.1, -0.05) is 24.3 Å². The van der Waals surface area contributed by atoms with Crippen molar-refractivity contribution in [2.45, 2.75) is 20.5 Å². The van der Waals surface area contributed by atoms with Gasteiger partial charge in [-0.15, -0.1) is 0 Å². The third kappa shape index (κ3) is 3.85. The molecule has 0 aromatic heterocycles. The molecule has 0 unspecified atom stereocenters. The first kappa shape index (κ1) is 13.1. The van der Waals surface area contributed by atoms with Crippen LogP contribution in [0, 0.1) is 6.92 Å². The van der Waals surface area contributed by atoms with Crippen molar-refractivity contribution in [1.82, 2.24) is 0 Å². The summed E-state index contributed by atoms with van der Waals surface area (Å²) in [6.07, 6.45) is 0. The number of carbonyl (C=O) groups is 1. The predicted octanol–water partition coefficient (Wildman–Crippen LogP) is 3.50. The average Bonchev–Trinajstić information content (AvgIpc) is 2.39. The lowest BCUT2D eigenvalue weighted by molar-refractivity contribution is -0.131. The molecule has 0 aliphatic rings. The molecule has 0 radical (unpaired) electrons. The Bertz CT molecular complexity index is 558. The Hall–Kier alpha value is -2.29. The van der Waals surface area contributed by atoms with Gasteiger partial charge in [-0.3, -0.25) is 4.79 Å². The normalized spacial score (nSPS) is 10.0. The molecule has 19 heavy (non-hydrogen) atoms. The number of rotatable bonds is 4. The van der Waals surface area contributed by atoms with E-state index in [1.807, 2.05) is 18.2 Å². The Kier molecular flexibility index (Phi) is 4.18. The van der Waals surface area contributed by atoms with Crippen LogP contribution < -0.4 is 9.47 Å². The third-order valence-electron chi connectivity index (χ3n) is 2.74. The molecule has 3 nitrogen and oxygen atoms in total. The zero-order chi connectivity index (χ0) is 13.7. The SMILES string of the molecule is CC(=O)Oc1ccc(OCc2ccccc2C)cc1. The van der Waals surface area contributed by atoms with Gasteiger partial charge in [0, 0.05) is 6.92 Å². The second-order valence-electron chi connectivity index (χ2n) is 4.28. The zero-order valence-electron chi connectivity index (χ0n) is 11.1. The molecule has 0 N–H and O–H groups in total. The van der Waals surface area contributed by atoms with Gasteiger partial charge in [-0.25, -0.2) is 0 Å². The van der Waals surface area contributed by atoms with E-state index in [2.05, 4.69) is 13.0 Å². The summed E-state index contributed by atoms with van der Waals surface area (Å²) in [7, 11) is 0. The second-order valence-corrected chi connectivity index (χ2v) is 4.28. The minimum atomic E-state index is -0.325. The number of carbonyl (C=O) groups excluding carboxylic acids is 1. The molecule has 0 heterocycles. The van der Waals surface area contributed by atoms with Gasteiger partial charge in [-0.05, 0) is 42.3 Å². The van der Waals surface area contributed by atoms with E-state index in [9.17, 15) is 4.79 Å². The van der Waals surface area contributed by atoms with Gasteiger partial charge >= 0.3 is 5.97 Å². The summed E-state index contributed by atoms with van der Waals surface area (Å²) in [6, 6.07) is 15.1. The first-order valence-electron chi connectivity index (χ1n) is 6.11. The predicted molar refractivity (Wildman–Crippen MR) is 73.3 cm³/mol. The van der Waals surface area contributed by atoms with E-state index in [4.69, 9.17) is 9.47 Å². The quantitative estimate of drug-likeness (QED) is 0.620. The first-order chi connectivity index (χ1) is 9.15. The van der Waals surface area contributed by atoms with Crippen molar-refractivity contribution < 1.29 is 14.3 Å². The largest absolute Gasteiger partial charge is 0.489 e. The molecule has 2 rings (SSSR count). The summed E-state index contributed by atoms with van der Waals surface area (Å²) in [5, 5.41) is 0. The maximum Gasteiger partial charge on any atom is 0.308 e. The van der Waals surface area contributed by atoms with E-state index in [-0.39, 0.29) is 5.97 Å². The Morgan fingerprint density at radius 2 is 1.63 bits per heavy atom. The van der Waals surface area contributed by atoms with E-state index >= 15 is 0 Å². The van der Waals surface area contributed by atoms with Crippen LogP contribution in [0.1, 0.15) is 18.1 Å². The average molecular weight is 256 g/mol. The molecule has 0 atom stereocenters. The summed E-state index contributed by atoms with van der Waals surface area (Å²) in [5.41, 5.74) is 2.37. The zero-order valence-corrected chi connectivity index (χ0v) is 11.1. The first-order valence-corrected chi connectivity index (χ1v) is 6.11. The van der Waals surface area contributed by atoms with E-state index in [1.165, 1.54) is 12.5 Å². The van der Waals surface area contributed by atoms with Crippen LogP contribution in [0.4, 0.5) is 0 Å². The molecule has 0 aliphatic carbocycles. The Morgan fingerprint density at radius 3 is 2.26 bits per heavy atom. The monoisotopic (exact) mass is 256 g/mol. The molecule has 0 saturated heterocycles. The van der Waals surface area contributed by atoms with Gasteiger partial charge in [0.25, 0.3) is 0 Å². The van der Waals surface area contributed by atoms with Crippen molar-refractivity contribution >= 4 is 5.97 Å². The molecular formula is C16H16O3. The van der Waals surface area contributed by atoms with Crippen LogP contribution >= 0.6 is 0 Å². The van der Waals surface area contributed by atoms with Crippen molar-refractivity contribution in [2.75, 3.05) is 0 Å². The molecule has 0 fully saturated rings. The molecule has 0 bridgehead atoms. The van der Waals surface area contributed by atoms with Gasteiger partial charge in [0.2, 0.25) is 0 Å². The molecule has 2 aromatic carbocycles. The lowest BCUT2D eigenvalue weighted by Crippen LogP contribution is -2.01. The van der Waals surface area contributed by atoms with Crippen molar-refractivity contribution in [1.29, 1.82) is 0 Å². The van der Waals surface area contributed by atoms with E-state index in [1.54, 1.807) is 24.3 Å². The van der Waals surface area contributed by atoms with E-state index in [0.29, 0.717) is 12.4 Å². The van der Waals surface area contributed by atoms with Gasteiger partial charge in [0.1, 0.15) is 18.1 Å². The highest BCUT2D eigenvalue weighted by atomic mass is 16.5. The lowest BCUT2D eigenvalue weighted by atomic mass is 10.1. The molecule has 3 heteroatoms. The highest BCUT2D eigenvalue weighted by molar-refractivity contribution is 5.69. The van der Waals surface area contributed by atoms with Crippen molar-refractivity contribution in [3.8, 4) is 11.5 Å². The number of aryl methyl sites for hydroxylation is 1. The van der Waals surface area contributed by atoms with Crippen LogP contribution in [0.2, 0.25) is 0 Å². The minimum absolute atomic E-state index is 0.325. The number of ether oxygens (including phenoxy) is 2. The summed E-state index contributed by atoms with van der Waals surface area (Å²) < 4.78 is 10.6. The molecule has 0 saturated carbocycles. The van der Waals surface area contributed by atoms with Gasteiger partial charge < -0.3 is 9.47 Å². The van der Waals surface area contributed by atoms with Crippen LogP contribution in [0.25, 0.3) is 0 Å². The Labute approximate surface area is 112 Å². The highest BCUT2D eigenvalue weighted by Gasteiger charge is 2.01. The van der Waals surface area contributed by atoms with Gasteiger partial charge in [0.05, 0.1) is 0 Å². The molecule has 2 aromatic rings. The number of esters is 1. The number of hydrogen-bond acceptors (Lipinski definition) is 3. The van der Waals surface area contributed by atoms with Crippen molar-refractivity contribution in [2.24, 2.45) is 0 Å². The fourth-order valence-electron chi connectivity index (χ4n) is 1.70. The van der Waals surface area contributed by atoms with E-state index < -0.39 is 0 Å². The fourth-order valence-corrected chi connectivity index (χ4v) is 1.70. The summed E-state index contributed by atoms with van der Waals surface area (Å²) in [5.74, 6) is 0.948. The van der Waals surface area contributed by atoms with Crippen LogP contribution in [0.3, 0.4) is 0 Å². The van der Waals surface area contributed by atoms with Crippen LogP contribution in [0.15, 0.2) is 48.5 Å². The van der Waals surface area contributed by atoms with Crippen LogP contribution in [-0.2, 0) is 11.4 Å². The number of benzene rings is 2. The lowest BCUT2D eigenvalue weighted by Gasteiger charge is -2.09. The summed E-state index contributed by atoms with van der Waals surface area (Å²) in [4.78, 5) is 10.8. The second kappa shape index (κ2) is 6.05.